The Kier molecular flexibility index (Phi) is 4.11. The van der Waals surface area contributed by atoms with Gasteiger partial charge in [0.05, 0.1) is 24.4 Å². The van der Waals surface area contributed by atoms with Crippen LogP contribution in [0.1, 0.15) is 5.56 Å². The Labute approximate surface area is 120 Å². The Balaban J connectivity index is 2.61. The molecule has 0 bridgehead atoms. The first-order chi connectivity index (χ1) is 9.08. The first-order valence-corrected chi connectivity index (χ1v) is 6.51. The number of benzene rings is 1. The van der Waals surface area contributed by atoms with Crippen LogP contribution in [-0.2, 0) is 18.4 Å². The molecule has 0 spiro atoms. The predicted octanol–water partition coefficient (Wildman–Crippen LogP) is 2.59. The second-order valence-corrected chi connectivity index (χ2v) is 5.00. The average molecular weight is 326 g/mol. The summed E-state index contributed by atoms with van der Waals surface area (Å²) in [6.45, 7) is 0.479. The van der Waals surface area contributed by atoms with Gasteiger partial charge in [0.15, 0.2) is 0 Å². The van der Waals surface area contributed by atoms with Crippen molar-refractivity contribution in [1.29, 1.82) is 0 Å². The van der Waals surface area contributed by atoms with Crippen molar-refractivity contribution in [2.24, 2.45) is 7.05 Å². The number of methoxy groups -OCH3 is 2. The lowest BCUT2D eigenvalue weighted by atomic mass is 10.0. The largest absolute Gasteiger partial charge is 0.496 e. The van der Waals surface area contributed by atoms with E-state index in [0.29, 0.717) is 12.4 Å². The van der Waals surface area contributed by atoms with Crippen molar-refractivity contribution in [3.63, 3.8) is 0 Å². The van der Waals surface area contributed by atoms with E-state index >= 15 is 0 Å². The normalized spacial score (nSPS) is 10.7. The van der Waals surface area contributed by atoms with E-state index in [1.54, 1.807) is 25.1 Å². The second kappa shape index (κ2) is 5.63. The van der Waals surface area contributed by atoms with Crippen LogP contribution in [0.3, 0.4) is 0 Å². The number of ether oxygens (including phenoxy) is 2. The highest BCUT2D eigenvalue weighted by atomic mass is 79.9. The van der Waals surface area contributed by atoms with Gasteiger partial charge < -0.3 is 15.2 Å². The van der Waals surface area contributed by atoms with Gasteiger partial charge in [-0.3, -0.25) is 4.68 Å². The Morgan fingerprint density at radius 3 is 2.58 bits per heavy atom. The molecule has 1 aromatic carbocycles. The highest BCUT2D eigenvalue weighted by Gasteiger charge is 2.15. The SMILES string of the molecule is COCc1cc(OC)c(Br)cc1-c1cnn(C)c1N. The summed E-state index contributed by atoms with van der Waals surface area (Å²) in [6.07, 6.45) is 1.75. The van der Waals surface area contributed by atoms with Crippen LogP contribution in [0.25, 0.3) is 11.1 Å². The van der Waals surface area contributed by atoms with E-state index in [4.69, 9.17) is 15.2 Å². The van der Waals surface area contributed by atoms with Crippen LogP contribution in [0.4, 0.5) is 5.82 Å². The molecule has 0 aliphatic rings. The van der Waals surface area contributed by atoms with Crippen LogP contribution >= 0.6 is 15.9 Å². The summed E-state index contributed by atoms with van der Waals surface area (Å²) >= 11 is 3.49. The first kappa shape index (κ1) is 13.9. The molecule has 102 valence electrons. The summed E-state index contributed by atoms with van der Waals surface area (Å²) in [6, 6.07) is 3.91. The molecule has 0 aliphatic heterocycles. The molecule has 0 unspecified atom stereocenters. The Morgan fingerprint density at radius 1 is 1.32 bits per heavy atom. The van der Waals surface area contributed by atoms with Gasteiger partial charge in [-0.1, -0.05) is 0 Å². The maximum absolute atomic E-state index is 6.03. The van der Waals surface area contributed by atoms with Crippen molar-refractivity contribution >= 4 is 21.7 Å². The quantitative estimate of drug-likeness (QED) is 0.938. The van der Waals surface area contributed by atoms with Gasteiger partial charge in [0.25, 0.3) is 0 Å². The number of aryl methyl sites for hydroxylation is 1. The number of nitrogens with two attached hydrogens (primary N) is 1. The molecular formula is C13H16BrN3O2. The summed E-state index contributed by atoms with van der Waals surface area (Å²) in [4.78, 5) is 0. The number of aromatic nitrogens is 2. The molecular weight excluding hydrogens is 310 g/mol. The van der Waals surface area contributed by atoms with Gasteiger partial charge in [-0.25, -0.2) is 0 Å². The fourth-order valence-corrected chi connectivity index (χ4v) is 2.44. The predicted molar refractivity (Wildman–Crippen MR) is 78.0 cm³/mol. The zero-order valence-electron chi connectivity index (χ0n) is 11.1. The van der Waals surface area contributed by atoms with Gasteiger partial charge in [0.1, 0.15) is 11.6 Å². The highest BCUT2D eigenvalue weighted by molar-refractivity contribution is 9.10. The summed E-state index contributed by atoms with van der Waals surface area (Å²) < 4.78 is 13.1. The first-order valence-electron chi connectivity index (χ1n) is 5.71. The minimum atomic E-state index is 0.479. The van der Waals surface area contributed by atoms with E-state index in [-0.39, 0.29) is 0 Å². The van der Waals surface area contributed by atoms with Gasteiger partial charge in [-0.05, 0) is 39.2 Å². The van der Waals surface area contributed by atoms with Crippen LogP contribution < -0.4 is 10.5 Å². The average Bonchev–Trinajstić information content (AvgIpc) is 2.72. The summed E-state index contributed by atoms with van der Waals surface area (Å²) in [5.41, 5.74) is 8.91. The molecule has 0 amide bonds. The molecule has 0 fully saturated rings. The number of hydrogen-bond donors (Lipinski definition) is 1. The van der Waals surface area contributed by atoms with E-state index < -0.39 is 0 Å². The maximum Gasteiger partial charge on any atom is 0.133 e. The molecule has 1 aromatic heterocycles. The van der Waals surface area contributed by atoms with Crippen LogP contribution in [0, 0.1) is 0 Å². The van der Waals surface area contributed by atoms with Crippen molar-refractivity contribution < 1.29 is 9.47 Å². The van der Waals surface area contributed by atoms with Gasteiger partial charge in [0, 0.05) is 19.7 Å². The monoisotopic (exact) mass is 325 g/mol. The van der Waals surface area contributed by atoms with Crippen molar-refractivity contribution in [3.8, 4) is 16.9 Å². The Morgan fingerprint density at radius 2 is 2.05 bits per heavy atom. The summed E-state index contributed by atoms with van der Waals surface area (Å²) in [7, 11) is 5.10. The minimum Gasteiger partial charge on any atom is -0.496 e. The van der Waals surface area contributed by atoms with Gasteiger partial charge in [-0.15, -0.1) is 0 Å². The molecule has 0 saturated heterocycles. The Bertz CT molecular complexity index is 596. The van der Waals surface area contributed by atoms with Crippen LogP contribution in [-0.4, -0.2) is 24.0 Å². The molecule has 5 nitrogen and oxygen atoms in total. The molecule has 0 aliphatic carbocycles. The molecule has 2 N–H and O–H groups in total. The molecule has 19 heavy (non-hydrogen) atoms. The van der Waals surface area contributed by atoms with Crippen molar-refractivity contribution in [2.45, 2.75) is 6.61 Å². The third-order valence-electron chi connectivity index (χ3n) is 2.95. The zero-order chi connectivity index (χ0) is 14.0. The second-order valence-electron chi connectivity index (χ2n) is 4.14. The van der Waals surface area contributed by atoms with Crippen molar-refractivity contribution in [1.82, 2.24) is 9.78 Å². The lowest BCUT2D eigenvalue weighted by Crippen LogP contribution is -2.00. The van der Waals surface area contributed by atoms with Gasteiger partial charge >= 0.3 is 0 Å². The van der Waals surface area contributed by atoms with E-state index in [1.165, 1.54) is 0 Å². The van der Waals surface area contributed by atoms with Crippen molar-refractivity contribution in [2.75, 3.05) is 20.0 Å². The number of halogens is 1. The molecule has 0 atom stereocenters. The van der Waals surface area contributed by atoms with Crippen LogP contribution in [0.5, 0.6) is 5.75 Å². The van der Waals surface area contributed by atoms with Crippen LogP contribution in [0.2, 0.25) is 0 Å². The van der Waals surface area contributed by atoms with Crippen molar-refractivity contribution in [3.05, 3.63) is 28.4 Å². The molecule has 0 saturated carbocycles. The topological polar surface area (TPSA) is 62.3 Å². The maximum atomic E-state index is 6.03. The number of hydrogen-bond acceptors (Lipinski definition) is 4. The van der Waals surface area contributed by atoms with Crippen LogP contribution in [0.15, 0.2) is 22.8 Å². The van der Waals surface area contributed by atoms with Gasteiger partial charge in [0.2, 0.25) is 0 Å². The standard InChI is InChI=1S/C13H16BrN3O2/c1-17-13(15)10(6-16-17)9-5-11(14)12(19-3)4-8(9)7-18-2/h4-6H,7,15H2,1-3H3. The molecule has 1 heterocycles. The third kappa shape index (κ3) is 2.59. The number of nitrogen functional groups attached to an aromatic ring is 1. The number of rotatable bonds is 4. The molecule has 2 aromatic rings. The fraction of sp³-hybridized carbons (Fsp3) is 0.308. The summed E-state index contributed by atoms with van der Waals surface area (Å²) in [5.74, 6) is 1.38. The Hall–Kier alpha value is -1.53. The van der Waals surface area contributed by atoms with E-state index in [1.807, 2.05) is 19.2 Å². The minimum absolute atomic E-state index is 0.479. The number of nitrogens with zero attached hydrogens (tertiary/aromatic N) is 2. The van der Waals surface area contributed by atoms with E-state index in [0.717, 1.165) is 26.9 Å². The fourth-order valence-electron chi connectivity index (χ4n) is 1.93. The summed E-state index contributed by atoms with van der Waals surface area (Å²) in [5, 5.41) is 4.17. The van der Waals surface area contributed by atoms with Gasteiger partial charge in [-0.2, -0.15) is 5.10 Å². The molecule has 0 radical (unpaired) electrons. The smallest absolute Gasteiger partial charge is 0.133 e. The van der Waals surface area contributed by atoms with E-state index in [2.05, 4.69) is 21.0 Å². The number of anilines is 1. The third-order valence-corrected chi connectivity index (χ3v) is 3.57. The molecule has 2 rings (SSSR count). The zero-order valence-corrected chi connectivity index (χ0v) is 12.7. The highest BCUT2D eigenvalue weighted by Crippen LogP contribution is 2.36. The molecule has 6 heteroatoms. The lowest BCUT2D eigenvalue weighted by Gasteiger charge is -2.12. The van der Waals surface area contributed by atoms with E-state index in [9.17, 15) is 0 Å². The lowest BCUT2D eigenvalue weighted by molar-refractivity contribution is 0.185.